The van der Waals surface area contributed by atoms with Crippen molar-refractivity contribution in [1.29, 1.82) is 0 Å². The highest BCUT2D eigenvalue weighted by atomic mass is 35.5. The number of benzene rings is 3. The van der Waals surface area contributed by atoms with Crippen molar-refractivity contribution in [2.45, 2.75) is 25.3 Å². The Morgan fingerprint density at radius 2 is 1.74 bits per heavy atom. The first-order chi connectivity index (χ1) is 16.8. The monoisotopic (exact) mass is 508 g/mol. The number of carbonyl (C=O) groups is 1. The topological polar surface area (TPSA) is 84.3 Å². The summed E-state index contributed by atoms with van der Waals surface area (Å²) in [6.45, 7) is 3.58. The van der Waals surface area contributed by atoms with Crippen molar-refractivity contribution in [3.63, 3.8) is 0 Å². The van der Waals surface area contributed by atoms with Gasteiger partial charge < -0.3 is 9.88 Å². The Balaban J connectivity index is 1.52. The number of aromatic nitrogens is 2. The molecule has 0 spiro atoms. The van der Waals surface area contributed by atoms with Crippen LogP contribution in [0.15, 0.2) is 90.1 Å². The zero-order chi connectivity index (χ0) is 25.0. The molecule has 0 aliphatic carbocycles. The number of aryl methyl sites for hydroxylation is 2. The molecular formula is C26H25ClN4O3S. The quantitative estimate of drug-likeness (QED) is 0.375. The van der Waals surface area contributed by atoms with Crippen LogP contribution in [0.25, 0.3) is 5.69 Å². The number of halogens is 1. The predicted octanol–water partition coefficient (Wildman–Crippen LogP) is 4.65. The largest absolute Gasteiger partial charge is 0.350 e. The SMILES string of the molecule is Cc1cc(Cl)ccc1N(CC(=O)NCc1ccc(-n2ccnc2C)cc1)S(=O)(=O)c1ccccc1. The summed E-state index contributed by atoms with van der Waals surface area (Å²) in [6, 6.07) is 20.7. The summed E-state index contributed by atoms with van der Waals surface area (Å²) in [5, 5.41) is 3.32. The number of nitrogens with one attached hydrogen (secondary N) is 1. The third-order valence-electron chi connectivity index (χ3n) is 5.58. The molecular weight excluding hydrogens is 484 g/mol. The molecule has 0 saturated carbocycles. The zero-order valence-electron chi connectivity index (χ0n) is 19.3. The maximum atomic E-state index is 13.5. The lowest BCUT2D eigenvalue weighted by Crippen LogP contribution is -2.41. The van der Waals surface area contributed by atoms with Gasteiger partial charge in [0.2, 0.25) is 5.91 Å². The minimum Gasteiger partial charge on any atom is -0.350 e. The third-order valence-corrected chi connectivity index (χ3v) is 7.58. The number of rotatable bonds is 8. The van der Waals surface area contributed by atoms with Crippen molar-refractivity contribution >= 4 is 33.2 Å². The molecule has 0 aliphatic heterocycles. The zero-order valence-corrected chi connectivity index (χ0v) is 20.9. The Bertz CT molecular complexity index is 1440. The van der Waals surface area contributed by atoms with Gasteiger partial charge in [-0.05, 0) is 67.4 Å². The van der Waals surface area contributed by atoms with Gasteiger partial charge in [-0.3, -0.25) is 9.10 Å². The molecule has 35 heavy (non-hydrogen) atoms. The second kappa shape index (κ2) is 10.3. The fourth-order valence-electron chi connectivity index (χ4n) is 3.73. The van der Waals surface area contributed by atoms with Gasteiger partial charge in [0.1, 0.15) is 12.4 Å². The van der Waals surface area contributed by atoms with Crippen LogP contribution in [0.2, 0.25) is 5.02 Å². The van der Waals surface area contributed by atoms with E-state index in [9.17, 15) is 13.2 Å². The van der Waals surface area contributed by atoms with E-state index in [0.717, 1.165) is 21.4 Å². The van der Waals surface area contributed by atoms with Gasteiger partial charge in [0.25, 0.3) is 10.0 Å². The molecule has 1 heterocycles. The lowest BCUT2D eigenvalue weighted by atomic mass is 10.2. The molecule has 1 aromatic heterocycles. The first kappa shape index (κ1) is 24.5. The number of carbonyl (C=O) groups excluding carboxylic acids is 1. The first-order valence-electron chi connectivity index (χ1n) is 11.0. The van der Waals surface area contributed by atoms with E-state index in [2.05, 4.69) is 10.3 Å². The summed E-state index contributed by atoms with van der Waals surface area (Å²) >= 11 is 6.08. The van der Waals surface area contributed by atoms with E-state index in [1.54, 1.807) is 49.5 Å². The lowest BCUT2D eigenvalue weighted by molar-refractivity contribution is -0.119. The van der Waals surface area contributed by atoms with Crippen LogP contribution in [0.5, 0.6) is 0 Å². The second-order valence-corrected chi connectivity index (χ2v) is 10.3. The van der Waals surface area contributed by atoms with Gasteiger partial charge in [-0.1, -0.05) is 41.9 Å². The van der Waals surface area contributed by atoms with Crippen molar-refractivity contribution in [3.8, 4) is 5.69 Å². The van der Waals surface area contributed by atoms with E-state index in [1.807, 2.05) is 42.0 Å². The van der Waals surface area contributed by atoms with Gasteiger partial charge in [0.15, 0.2) is 0 Å². The molecule has 4 rings (SSSR count). The standard InChI is InChI=1S/C26H25ClN4O3S/c1-19-16-22(27)10-13-25(19)31(35(33,34)24-6-4-3-5-7-24)18-26(32)29-17-21-8-11-23(12-9-21)30-15-14-28-20(30)2/h3-16H,17-18H2,1-2H3,(H,29,32). The summed E-state index contributed by atoms with van der Waals surface area (Å²) in [5.74, 6) is 0.455. The molecule has 0 atom stereocenters. The number of anilines is 1. The molecule has 1 N–H and O–H groups in total. The van der Waals surface area contributed by atoms with Crippen LogP contribution in [0.1, 0.15) is 17.0 Å². The van der Waals surface area contributed by atoms with Gasteiger partial charge in [-0.2, -0.15) is 0 Å². The second-order valence-electron chi connectivity index (χ2n) is 8.04. The van der Waals surface area contributed by atoms with Crippen LogP contribution >= 0.6 is 11.6 Å². The van der Waals surface area contributed by atoms with Gasteiger partial charge in [0.05, 0.1) is 10.6 Å². The van der Waals surface area contributed by atoms with Crippen LogP contribution in [0, 0.1) is 13.8 Å². The average Bonchev–Trinajstić information content (AvgIpc) is 3.28. The molecule has 1 amide bonds. The van der Waals surface area contributed by atoms with E-state index in [4.69, 9.17) is 11.6 Å². The van der Waals surface area contributed by atoms with E-state index >= 15 is 0 Å². The molecule has 180 valence electrons. The van der Waals surface area contributed by atoms with E-state index in [1.165, 1.54) is 12.1 Å². The molecule has 0 fully saturated rings. The van der Waals surface area contributed by atoms with E-state index in [-0.39, 0.29) is 18.0 Å². The number of amides is 1. The Labute approximate surface area is 210 Å². The Morgan fingerprint density at radius 3 is 2.37 bits per heavy atom. The number of hydrogen-bond acceptors (Lipinski definition) is 4. The number of sulfonamides is 1. The van der Waals surface area contributed by atoms with Crippen molar-refractivity contribution in [3.05, 3.63) is 107 Å². The highest BCUT2D eigenvalue weighted by Crippen LogP contribution is 2.28. The maximum Gasteiger partial charge on any atom is 0.264 e. The van der Waals surface area contributed by atoms with Crippen molar-refractivity contribution < 1.29 is 13.2 Å². The first-order valence-corrected chi connectivity index (χ1v) is 12.8. The molecule has 0 aliphatic rings. The van der Waals surface area contributed by atoms with Crippen molar-refractivity contribution in [1.82, 2.24) is 14.9 Å². The van der Waals surface area contributed by atoms with E-state index in [0.29, 0.717) is 16.3 Å². The molecule has 0 bridgehead atoms. The highest BCUT2D eigenvalue weighted by Gasteiger charge is 2.28. The summed E-state index contributed by atoms with van der Waals surface area (Å²) in [6.07, 6.45) is 3.62. The van der Waals surface area contributed by atoms with Crippen LogP contribution in [0.3, 0.4) is 0 Å². The van der Waals surface area contributed by atoms with Crippen LogP contribution in [-0.2, 0) is 21.4 Å². The molecule has 4 aromatic rings. The predicted molar refractivity (Wildman–Crippen MR) is 137 cm³/mol. The van der Waals surface area contributed by atoms with E-state index < -0.39 is 15.9 Å². The lowest BCUT2D eigenvalue weighted by Gasteiger charge is -2.25. The van der Waals surface area contributed by atoms with Crippen LogP contribution in [0.4, 0.5) is 5.69 Å². The Kier molecular flexibility index (Phi) is 7.23. The van der Waals surface area contributed by atoms with Crippen LogP contribution in [-0.4, -0.2) is 30.4 Å². The summed E-state index contributed by atoms with van der Waals surface area (Å²) in [4.78, 5) is 17.2. The summed E-state index contributed by atoms with van der Waals surface area (Å²) < 4.78 is 30.0. The minimum absolute atomic E-state index is 0.104. The van der Waals surface area contributed by atoms with Crippen molar-refractivity contribution in [2.75, 3.05) is 10.8 Å². The van der Waals surface area contributed by atoms with Gasteiger partial charge in [-0.25, -0.2) is 13.4 Å². The molecule has 7 nitrogen and oxygen atoms in total. The third kappa shape index (κ3) is 5.55. The smallest absolute Gasteiger partial charge is 0.264 e. The summed E-state index contributed by atoms with van der Waals surface area (Å²) in [7, 11) is -3.98. The van der Waals surface area contributed by atoms with Gasteiger partial charge >= 0.3 is 0 Å². The molecule has 9 heteroatoms. The van der Waals surface area contributed by atoms with Gasteiger partial charge in [0, 0.05) is 29.6 Å². The molecule has 0 radical (unpaired) electrons. The number of imidazole rings is 1. The molecule has 3 aromatic carbocycles. The average molecular weight is 509 g/mol. The highest BCUT2D eigenvalue weighted by molar-refractivity contribution is 7.92. The Morgan fingerprint density at radius 1 is 1.03 bits per heavy atom. The fourth-order valence-corrected chi connectivity index (χ4v) is 5.46. The summed E-state index contributed by atoms with van der Waals surface area (Å²) in [5.41, 5.74) is 2.90. The number of hydrogen-bond donors (Lipinski definition) is 1. The fraction of sp³-hybridized carbons (Fsp3) is 0.154. The van der Waals surface area contributed by atoms with Crippen LogP contribution < -0.4 is 9.62 Å². The molecule has 0 saturated heterocycles. The number of nitrogens with zero attached hydrogens (tertiary/aromatic N) is 3. The minimum atomic E-state index is -3.98. The Hall–Kier alpha value is -3.62. The molecule has 0 unspecified atom stereocenters. The normalized spacial score (nSPS) is 11.3. The maximum absolute atomic E-state index is 13.5. The van der Waals surface area contributed by atoms with Gasteiger partial charge in [-0.15, -0.1) is 0 Å². The van der Waals surface area contributed by atoms with Crippen molar-refractivity contribution in [2.24, 2.45) is 0 Å².